The van der Waals surface area contributed by atoms with Crippen LogP contribution < -0.4 is 4.90 Å². The number of anilines is 1. The van der Waals surface area contributed by atoms with Gasteiger partial charge in [0.1, 0.15) is 10.8 Å². The minimum Gasteiger partial charge on any atom is -0.380 e. The Labute approximate surface area is 157 Å². The number of halogens is 2. The van der Waals surface area contributed by atoms with Gasteiger partial charge in [-0.25, -0.2) is 8.78 Å². The average Bonchev–Trinajstić information content (AvgIpc) is 2.99. The van der Waals surface area contributed by atoms with Crippen LogP contribution in [-0.4, -0.2) is 37.0 Å². The molecular weight excluding hydrogens is 358 g/mol. The standard InChI is InChI=1S/C19H26F2N2O2S/c1-6-9-14(24)17-16(18(20)21)15-12(4)22(7-2)13(5)23(19(15)26-17)10-11-25-8-3/h18H,4-11H2,1-3H3. The zero-order valence-electron chi connectivity index (χ0n) is 15.6. The summed E-state index contributed by atoms with van der Waals surface area (Å²) in [6.07, 6.45) is -1.86. The Kier molecular flexibility index (Phi) is 6.94. The van der Waals surface area contributed by atoms with E-state index in [1.807, 2.05) is 25.7 Å². The van der Waals surface area contributed by atoms with Crippen molar-refractivity contribution in [1.82, 2.24) is 4.90 Å². The van der Waals surface area contributed by atoms with Crippen molar-refractivity contribution in [1.29, 1.82) is 0 Å². The first-order valence-corrected chi connectivity index (χ1v) is 9.69. The van der Waals surface area contributed by atoms with Crippen molar-refractivity contribution in [3.63, 3.8) is 0 Å². The highest BCUT2D eigenvalue weighted by Crippen LogP contribution is 2.50. The van der Waals surface area contributed by atoms with Crippen LogP contribution in [0.4, 0.5) is 13.8 Å². The summed E-state index contributed by atoms with van der Waals surface area (Å²) in [4.78, 5) is 16.3. The molecule has 0 atom stereocenters. The summed E-state index contributed by atoms with van der Waals surface area (Å²) >= 11 is 1.12. The Bertz CT molecular complexity index is 700. The van der Waals surface area contributed by atoms with Crippen molar-refractivity contribution in [3.8, 4) is 0 Å². The molecule has 0 spiro atoms. The van der Waals surface area contributed by atoms with Crippen LogP contribution >= 0.6 is 11.3 Å². The van der Waals surface area contributed by atoms with E-state index in [1.54, 1.807) is 4.90 Å². The molecule has 1 aromatic rings. The van der Waals surface area contributed by atoms with Gasteiger partial charge in [-0.05, 0) is 20.3 Å². The van der Waals surface area contributed by atoms with Gasteiger partial charge in [0, 0.05) is 37.4 Å². The van der Waals surface area contributed by atoms with Crippen molar-refractivity contribution in [3.05, 3.63) is 35.0 Å². The predicted octanol–water partition coefficient (Wildman–Crippen LogP) is 5.29. The molecule has 4 nitrogen and oxygen atoms in total. The summed E-state index contributed by atoms with van der Waals surface area (Å²) in [5.74, 6) is 0.426. The number of fused-ring (bicyclic) bond motifs is 1. The molecule has 0 unspecified atom stereocenters. The fraction of sp³-hybridized carbons (Fsp3) is 0.526. The van der Waals surface area contributed by atoms with Crippen LogP contribution in [-0.2, 0) is 4.74 Å². The molecule has 1 aliphatic heterocycles. The van der Waals surface area contributed by atoms with Crippen LogP contribution in [0.5, 0.6) is 0 Å². The molecule has 0 N–H and O–H groups in total. The first kappa shape index (κ1) is 20.6. The van der Waals surface area contributed by atoms with Gasteiger partial charge >= 0.3 is 0 Å². The molecule has 0 saturated carbocycles. The van der Waals surface area contributed by atoms with E-state index in [9.17, 15) is 13.6 Å². The summed E-state index contributed by atoms with van der Waals surface area (Å²) in [6, 6.07) is 0. The number of Topliss-reactive ketones (excluding diaryl/α,β-unsaturated/α-hetero) is 1. The lowest BCUT2D eigenvalue weighted by molar-refractivity contribution is 0.0973. The third-order valence-corrected chi connectivity index (χ3v) is 5.61. The molecular formula is C19H26F2N2O2S. The SMILES string of the molecule is C=C1c2c(sc(C(=O)CCC)c2C(F)F)N(CCOCC)C(=C)N1CC. The van der Waals surface area contributed by atoms with Crippen LogP contribution in [0.25, 0.3) is 5.70 Å². The molecule has 0 fully saturated rings. The number of ether oxygens (including phenoxy) is 1. The van der Waals surface area contributed by atoms with Crippen LogP contribution in [0.15, 0.2) is 19.0 Å². The highest BCUT2D eigenvalue weighted by Gasteiger charge is 2.37. The lowest BCUT2D eigenvalue weighted by Crippen LogP contribution is -2.39. The molecule has 1 aromatic heterocycles. The third-order valence-electron chi connectivity index (χ3n) is 4.34. The fourth-order valence-corrected chi connectivity index (χ4v) is 4.46. The first-order chi connectivity index (χ1) is 12.4. The van der Waals surface area contributed by atoms with Crippen molar-refractivity contribution >= 4 is 27.8 Å². The number of carbonyl (C=O) groups is 1. The maximum atomic E-state index is 13.9. The summed E-state index contributed by atoms with van der Waals surface area (Å²) in [6.45, 7) is 15.9. The highest BCUT2D eigenvalue weighted by molar-refractivity contribution is 7.18. The van der Waals surface area contributed by atoms with E-state index in [2.05, 4.69) is 13.2 Å². The maximum Gasteiger partial charge on any atom is 0.266 e. The number of ketones is 1. The lowest BCUT2D eigenvalue weighted by Gasteiger charge is -2.40. The Morgan fingerprint density at radius 1 is 1.23 bits per heavy atom. The number of alkyl halides is 2. The van der Waals surface area contributed by atoms with Gasteiger partial charge in [0.25, 0.3) is 6.43 Å². The second kappa shape index (κ2) is 8.77. The van der Waals surface area contributed by atoms with Crippen LogP contribution in [0.1, 0.15) is 60.8 Å². The molecule has 2 heterocycles. The van der Waals surface area contributed by atoms with Crippen molar-refractivity contribution in [2.75, 3.05) is 31.2 Å². The van der Waals surface area contributed by atoms with Crippen LogP contribution in [0.2, 0.25) is 0 Å². The molecule has 144 valence electrons. The van der Waals surface area contributed by atoms with Crippen LogP contribution in [0.3, 0.4) is 0 Å². The minimum atomic E-state index is -2.73. The molecule has 0 saturated heterocycles. The van der Waals surface area contributed by atoms with Gasteiger partial charge in [0.2, 0.25) is 0 Å². The summed E-state index contributed by atoms with van der Waals surface area (Å²) < 4.78 is 33.3. The Hall–Kier alpha value is -1.73. The monoisotopic (exact) mass is 384 g/mol. The molecule has 7 heteroatoms. The fourth-order valence-electron chi connectivity index (χ4n) is 3.11. The molecule has 0 aliphatic carbocycles. The van der Waals surface area contributed by atoms with E-state index in [0.717, 1.165) is 11.3 Å². The van der Waals surface area contributed by atoms with E-state index in [4.69, 9.17) is 4.74 Å². The van der Waals surface area contributed by atoms with Gasteiger partial charge < -0.3 is 14.5 Å². The smallest absolute Gasteiger partial charge is 0.266 e. The van der Waals surface area contributed by atoms with Crippen LogP contribution in [0, 0.1) is 0 Å². The molecule has 0 bridgehead atoms. The molecule has 1 aliphatic rings. The average molecular weight is 384 g/mol. The van der Waals surface area contributed by atoms with Gasteiger partial charge in [0.05, 0.1) is 17.0 Å². The Morgan fingerprint density at radius 3 is 2.46 bits per heavy atom. The van der Waals surface area contributed by atoms with Gasteiger partial charge in [-0.15, -0.1) is 11.3 Å². The first-order valence-electron chi connectivity index (χ1n) is 8.87. The van der Waals surface area contributed by atoms with E-state index in [1.165, 1.54) is 0 Å². The van der Waals surface area contributed by atoms with Gasteiger partial charge in [-0.1, -0.05) is 20.1 Å². The quantitative estimate of drug-likeness (QED) is 0.428. The van der Waals surface area contributed by atoms with Crippen molar-refractivity contribution in [2.24, 2.45) is 0 Å². The molecule has 0 amide bonds. The topological polar surface area (TPSA) is 32.8 Å². The molecule has 2 rings (SSSR count). The number of nitrogens with zero attached hydrogens (tertiary/aromatic N) is 2. The number of hydrogen-bond donors (Lipinski definition) is 0. The Balaban J connectivity index is 2.60. The van der Waals surface area contributed by atoms with E-state index in [0.29, 0.717) is 54.8 Å². The number of rotatable bonds is 9. The highest BCUT2D eigenvalue weighted by atomic mass is 32.1. The second-order valence-electron chi connectivity index (χ2n) is 5.95. The maximum absolute atomic E-state index is 13.9. The summed E-state index contributed by atoms with van der Waals surface area (Å²) in [5, 5.41) is 0.610. The molecule has 0 radical (unpaired) electrons. The van der Waals surface area contributed by atoms with Gasteiger partial charge in [0.15, 0.2) is 5.78 Å². The van der Waals surface area contributed by atoms with E-state index >= 15 is 0 Å². The lowest BCUT2D eigenvalue weighted by atomic mass is 10.0. The predicted molar refractivity (Wildman–Crippen MR) is 103 cm³/mol. The zero-order chi connectivity index (χ0) is 19.4. The van der Waals surface area contributed by atoms with E-state index in [-0.39, 0.29) is 22.6 Å². The summed E-state index contributed by atoms with van der Waals surface area (Å²) in [5.41, 5.74) is 0.651. The normalized spacial score (nSPS) is 14.4. The third kappa shape index (κ3) is 3.69. The van der Waals surface area contributed by atoms with Gasteiger partial charge in [-0.2, -0.15) is 0 Å². The van der Waals surface area contributed by atoms with E-state index < -0.39 is 6.43 Å². The summed E-state index contributed by atoms with van der Waals surface area (Å²) in [7, 11) is 0. The number of hydrogen-bond acceptors (Lipinski definition) is 5. The molecule has 0 aromatic carbocycles. The largest absolute Gasteiger partial charge is 0.380 e. The molecule has 26 heavy (non-hydrogen) atoms. The number of thiophene rings is 1. The van der Waals surface area contributed by atoms with Crippen molar-refractivity contribution < 1.29 is 18.3 Å². The second-order valence-corrected chi connectivity index (χ2v) is 6.95. The number of carbonyl (C=O) groups excluding carboxylic acids is 1. The zero-order valence-corrected chi connectivity index (χ0v) is 16.4. The minimum absolute atomic E-state index is 0.139. The van der Waals surface area contributed by atoms with Gasteiger partial charge in [-0.3, -0.25) is 4.79 Å². The Morgan fingerprint density at radius 2 is 1.92 bits per heavy atom. The van der Waals surface area contributed by atoms with Crippen molar-refractivity contribution in [2.45, 2.75) is 40.0 Å².